The number of hydrazone groups is 1. The van der Waals surface area contributed by atoms with Crippen LogP contribution in [-0.4, -0.2) is 39.7 Å². The van der Waals surface area contributed by atoms with Gasteiger partial charge in [0.1, 0.15) is 5.75 Å². The maximum Gasteiger partial charge on any atom is 0.264 e. The SMILES string of the molecule is COc1cccc(C(=O)CSc2nnc(N/N=C/c3ccc(Cl)cc3Cl)n2N)c1. The molecule has 0 unspecified atom stereocenters. The van der Waals surface area contributed by atoms with Gasteiger partial charge < -0.3 is 10.6 Å². The molecular weight excluding hydrogens is 435 g/mol. The van der Waals surface area contributed by atoms with Crippen LogP contribution in [0.25, 0.3) is 0 Å². The molecule has 1 aromatic heterocycles. The second-order valence-corrected chi connectivity index (χ2v) is 7.44. The average Bonchev–Trinajstić information content (AvgIpc) is 3.07. The lowest BCUT2D eigenvalue weighted by Gasteiger charge is -2.04. The second kappa shape index (κ2) is 9.64. The van der Waals surface area contributed by atoms with Gasteiger partial charge in [-0.2, -0.15) is 5.10 Å². The normalized spacial score (nSPS) is 11.0. The van der Waals surface area contributed by atoms with Crippen molar-refractivity contribution in [2.24, 2.45) is 5.10 Å². The molecule has 0 aliphatic carbocycles. The molecule has 2 aromatic carbocycles. The van der Waals surface area contributed by atoms with Crippen molar-refractivity contribution in [3.63, 3.8) is 0 Å². The summed E-state index contributed by atoms with van der Waals surface area (Å²) in [5, 5.41) is 13.3. The number of Topliss-reactive ketones (excluding diaryl/α,β-unsaturated/α-hetero) is 1. The highest BCUT2D eigenvalue weighted by atomic mass is 35.5. The predicted molar refractivity (Wildman–Crippen MR) is 116 cm³/mol. The zero-order valence-corrected chi connectivity index (χ0v) is 17.5. The van der Waals surface area contributed by atoms with Crippen molar-refractivity contribution in [2.45, 2.75) is 5.16 Å². The van der Waals surface area contributed by atoms with Crippen molar-refractivity contribution in [3.8, 4) is 5.75 Å². The molecular formula is C18H16Cl2N6O2S. The van der Waals surface area contributed by atoms with Crippen LogP contribution in [0.3, 0.4) is 0 Å². The van der Waals surface area contributed by atoms with E-state index in [9.17, 15) is 4.79 Å². The Balaban J connectivity index is 1.60. The highest BCUT2D eigenvalue weighted by molar-refractivity contribution is 7.99. The van der Waals surface area contributed by atoms with E-state index in [4.69, 9.17) is 33.8 Å². The summed E-state index contributed by atoms with van der Waals surface area (Å²) in [5.41, 5.74) is 3.90. The van der Waals surface area contributed by atoms with Crippen LogP contribution in [0.1, 0.15) is 15.9 Å². The Morgan fingerprint density at radius 1 is 1.31 bits per heavy atom. The second-order valence-electron chi connectivity index (χ2n) is 5.66. The summed E-state index contributed by atoms with van der Waals surface area (Å²) in [5.74, 6) is 6.86. The van der Waals surface area contributed by atoms with Crippen molar-refractivity contribution in [2.75, 3.05) is 24.1 Å². The maximum absolute atomic E-state index is 12.4. The number of methoxy groups -OCH3 is 1. The fraction of sp³-hybridized carbons (Fsp3) is 0.111. The summed E-state index contributed by atoms with van der Waals surface area (Å²) in [6, 6.07) is 12.0. The van der Waals surface area contributed by atoms with Gasteiger partial charge in [0.2, 0.25) is 5.16 Å². The van der Waals surface area contributed by atoms with E-state index in [1.807, 2.05) is 0 Å². The van der Waals surface area contributed by atoms with Gasteiger partial charge in [-0.25, -0.2) is 10.1 Å². The number of ketones is 1. The van der Waals surface area contributed by atoms with Gasteiger partial charge in [0, 0.05) is 16.1 Å². The minimum atomic E-state index is -0.0817. The molecule has 150 valence electrons. The quantitative estimate of drug-likeness (QED) is 0.177. The smallest absolute Gasteiger partial charge is 0.264 e. The third-order valence-corrected chi connectivity index (χ3v) is 5.22. The lowest BCUT2D eigenvalue weighted by atomic mass is 10.1. The largest absolute Gasteiger partial charge is 0.497 e. The molecule has 11 heteroatoms. The van der Waals surface area contributed by atoms with Gasteiger partial charge in [0.15, 0.2) is 5.78 Å². The zero-order valence-electron chi connectivity index (χ0n) is 15.2. The fourth-order valence-corrected chi connectivity index (χ4v) is 3.44. The first-order valence-corrected chi connectivity index (χ1v) is 9.96. The third-order valence-electron chi connectivity index (χ3n) is 3.72. The summed E-state index contributed by atoms with van der Waals surface area (Å²) in [7, 11) is 1.55. The monoisotopic (exact) mass is 450 g/mol. The number of aromatic nitrogens is 3. The zero-order chi connectivity index (χ0) is 20.8. The maximum atomic E-state index is 12.4. The van der Waals surface area contributed by atoms with Crippen LogP contribution in [0.15, 0.2) is 52.7 Å². The van der Waals surface area contributed by atoms with Crippen LogP contribution in [0.2, 0.25) is 10.0 Å². The van der Waals surface area contributed by atoms with Crippen molar-refractivity contribution < 1.29 is 9.53 Å². The molecule has 0 saturated heterocycles. The van der Waals surface area contributed by atoms with Gasteiger partial charge in [-0.1, -0.05) is 53.2 Å². The third kappa shape index (κ3) is 5.41. The number of ether oxygens (including phenoxy) is 1. The molecule has 0 spiro atoms. The van der Waals surface area contributed by atoms with Gasteiger partial charge in [0.05, 0.1) is 24.1 Å². The van der Waals surface area contributed by atoms with Gasteiger partial charge in [-0.15, -0.1) is 10.2 Å². The van der Waals surface area contributed by atoms with E-state index in [0.29, 0.717) is 32.1 Å². The Morgan fingerprint density at radius 3 is 2.90 bits per heavy atom. The number of hydrogen-bond acceptors (Lipinski definition) is 8. The molecule has 3 aromatic rings. The molecule has 0 aliphatic heterocycles. The first kappa shape index (κ1) is 21.0. The molecule has 29 heavy (non-hydrogen) atoms. The van der Waals surface area contributed by atoms with Crippen LogP contribution in [0.5, 0.6) is 5.75 Å². The Morgan fingerprint density at radius 2 is 2.14 bits per heavy atom. The summed E-state index contributed by atoms with van der Waals surface area (Å²) >= 11 is 13.1. The summed E-state index contributed by atoms with van der Waals surface area (Å²) < 4.78 is 6.34. The van der Waals surface area contributed by atoms with Gasteiger partial charge >= 0.3 is 0 Å². The Hall–Kier alpha value is -2.75. The summed E-state index contributed by atoms with van der Waals surface area (Å²) in [6.07, 6.45) is 1.51. The molecule has 0 bridgehead atoms. The number of rotatable bonds is 8. The van der Waals surface area contributed by atoms with E-state index in [-0.39, 0.29) is 17.5 Å². The van der Waals surface area contributed by atoms with Crippen molar-refractivity contribution in [3.05, 3.63) is 63.6 Å². The van der Waals surface area contributed by atoms with Gasteiger partial charge in [0.25, 0.3) is 5.95 Å². The van der Waals surface area contributed by atoms with E-state index in [1.54, 1.807) is 49.6 Å². The Bertz CT molecular complexity index is 1060. The lowest BCUT2D eigenvalue weighted by Crippen LogP contribution is -2.14. The Kier molecular flexibility index (Phi) is 6.97. The van der Waals surface area contributed by atoms with Crippen LogP contribution >= 0.6 is 35.0 Å². The molecule has 0 radical (unpaired) electrons. The van der Waals surface area contributed by atoms with Crippen LogP contribution in [0, 0.1) is 0 Å². The number of carbonyl (C=O) groups is 1. The van der Waals surface area contributed by atoms with E-state index in [1.165, 1.54) is 10.9 Å². The van der Waals surface area contributed by atoms with Gasteiger partial charge in [-0.05, 0) is 24.3 Å². The molecule has 8 nitrogen and oxygen atoms in total. The Labute approximate surface area is 181 Å². The number of benzene rings is 2. The summed E-state index contributed by atoms with van der Waals surface area (Å²) in [6.45, 7) is 0. The first-order valence-electron chi connectivity index (χ1n) is 8.22. The van der Waals surface area contributed by atoms with E-state index < -0.39 is 0 Å². The number of nitrogens with two attached hydrogens (primary N) is 1. The van der Waals surface area contributed by atoms with Crippen molar-refractivity contribution >= 4 is 52.9 Å². The van der Waals surface area contributed by atoms with E-state index in [2.05, 4.69) is 20.7 Å². The first-order chi connectivity index (χ1) is 14.0. The molecule has 1 heterocycles. The number of hydrogen-bond donors (Lipinski definition) is 2. The fourth-order valence-electron chi connectivity index (χ4n) is 2.23. The highest BCUT2D eigenvalue weighted by Gasteiger charge is 2.13. The van der Waals surface area contributed by atoms with E-state index in [0.717, 1.165) is 11.8 Å². The number of carbonyl (C=O) groups excluding carboxylic acids is 1. The molecule has 0 atom stereocenters. The topological polar surface area (TPSA) is 107 Å². The molecule has 3 N–H and O–H groups in total. The number of nitrogens with one attached hydrogen (secondary N) is 1. The highest BCUT2D eigenvalue weighted by Crippen LogP contribution is 2.21. The van der Waals surface area contributed by atoms with Crippen molar-refractivity contribution in [1.29, 1.82) is 0 Å². The number of thioether (sulfide) groups is 1. The lowest BCUT2D eigenvalue weighted by molar-refractivity contribution is 0.102. The van der Waals surface area contributed by atoms with Crippen LogP contribution < -0.4 is 16.0 Å². The molecule has 0 fully saturated rings. The van der Waals surface area contributed by atoms with Crippen LogP contribution in [0.4, 0.5) is 5.95 Å². The molecule has 0 aliphatic rings. The van der Waals surface area contributed by atoms with E-state index >= 15 is 0 Å². The molecule has 3 rings (SSSR count). The summed E-state index contributed by atoms with van der Waals surface area (Å²) in [4.78, 5) is 12.4. The molecule has 0 amide bonds. The number of halogens is 2. The minimum absolute atomic E-state index is 0.0817. The van der Waals surface area contributed by atoms with Crippen LogP contribution in [-0.2, 0) is 0 Å². The number of anilines is 1. The number of nitrogen functional groups attached to an aromatic ring is 1. The average molecular weight is 451 g/mol. The predicted octanol–water partition coefficient (Wildman–Crippen LogP) is 3.73. The standard InChI is InChI=1S/C18H16Cl2N6O2S/c1-28-14-4-2-3-11(7-14)16(27)10-29-18-25-24-17(26(18)21)23-22-9-12-5-6-13(19)8-15(12)20/h2-9H,10,21H2,1H3,(H,23,24)/b22-9+. The minimum Gasteiger partial charge on any atom is -0.497 e. The number of nitrogens with zero attached hydrogens (tertiary/aromatic N) is 4. The van der Waals surface area contributed by atoms with Crippen molar-refractivity contribution in [1.82, 2.24) is 14.9 Å². The molecule has 0 saturated carbocycles. The van der Waals surface area contributed by atoms with Gasteiger partial charge in [-0.3, -0.25) is 4.79 Å².